The van der Waals surface area contributed by atoms with E-state index in [9.17, 15) is 9.50 Å². The van der Waals surface area contributed by atoms with E-state index in [1.807, 2.05) is 0 Å². The molecule has 2 N–H and O–H groups in total. The van der Waals surface area contributed by atoms with E-state index in [2.05, 4.69) is 20.2 Å². The summed E-state index contributed by atoms with van der Waals surface area (Å²) in [7, 11) is 1.70. The lowest BCUT2D eigenvalue weighted by molar-refractivity contribution is -0.0817. The van der Waals surface area contributed by atoms with Crippen LogP contribution in [0.15, 0.2) is 36.4 Å². The molecule has 3 aromatic rings. The van der Waals surface area contributed by atoms with E-state index in [4.69, 9.17) is 21.1 Å². The minimum absolute atomic E-state index is 0.0228. The minimum atomic E-state index is -0.487. The van der Waals surface area contributed by atoms with Crippen molar-refractivity contribution in [1.82, 2.24) is 14.9 Å². The van der Waals surface area contributed by atoms with Gasteiger partial charge in [0, 0.05) is 43.8 Å². The van der Waals surface area contributed by atoms with Crippen molar-refractivity contribution in [3.05, 3.63) is 53.1 Å². The standard InChI is InChI=1S/C22H24ClFN4O3/c1-30-21(28-8-10-31-11-9-28)7-6-20-26-19-13-15(29)3-4-16(19)22(27-20)25-14-2-5-18(24)17(23)12-14/h2-5,12-13,21,29H,6-11H2,1H3,(H,25,26,27). The Morgan fingerprint density at radius 3 is 2.77 bits per heavy atom. The van der Waals surface area contributed by atoms with E-state index >= 15 is 0 Å². The lowest BCUT2D eigenvalue weighted by atomic mass is 10.2. The third-order valence-corrected chi connectivity index (χ3v) is 5.54. The van der Waals surface area contributed by atoms with Gasteiger partial charge in [-0.3, -0.25) is 4.90 Å². The molecule has 7 nitrogen and oxygen atoms in total. The van der Waals surface area contributed by atoms with Crippen LogP contribution in [-0.4, -0.2) is 59.6 Å². The number of phenolic OH excluding ortho intramolecular Hbond substituents is 1. The van der Waals surface area contributed by atoms with Crippen LogP contribution in [0, 0.1) is 5.82 Å². The highest BCUT2D eigenvalue weighted by Gasteiger charge is 2.21. The molecule has 9 heteroatoms. The third-order valence-electron chi connectivity index (χ3n) is 5.25. The van der Waals surface area contributed by atoms with Gasteiger partial charge in [-0.2, -0.15) is 0 Å². The van der Waals surface area contributed by atoms with Gasteiger partial charge in [-0.25, -0.2) is 14.4 Å². The molecule has 0 bridgehead atoms. The number of nitrogens with one attached hydrogen (secondary N) is 1. The normalized spacial score (nSPS) is 15.8. The number of methoxy groups -OCH3 is 1. The van der Waals surface area contributed by atoms with Crippen molar-refractivity contribution < 1.29 is 19.0 Å². The molecule has 1 unspecified atom stereocenters. The first-order valence-corrected chi connectivity index (χ1v) is 10.5. The van der Waals surface area contributed by atoms with E-state index in [-0.39, 0.29) is 17.0 Å². The smallest absolute Gasteiger partial charge is 0.142 e. The zero-order chi connectivity index (χ0) is 21.8. The van der Waals surface area contributed by atoms with Crippen molar-refractivity contribution in [2.45, 2.75) is 19.1 Å². The quantitative estimate of drug-likeness (QED) is 0.565. The fraction of sp³-hybridized carbons (Fsp3) is 0.364. The van der Waals surface area contributed by atoms with Gasteiger partial charge in [0.15, 0.2) is 0 Å². The summed E-state index contributed by atoms with van der Waals surface area (Å²) < 4.78 is 24.6. The second kappa shape index (κ2) is 9.74. The van der Waals surface area contributed by atoms with Crippen LogP contribution in [0.1, 0.15) is 12.2 Å². The molecular formula is C22H24ClFN4O3. The summed E-state index contributed by atoms with van der Waals surface area (Å²) in [6.07, 6.45) is 1.24. The summed E-state index contributed by atoms with van der Waals surface area (Å²) in [4.78, 5) is 11.6. The second-order valence-corrected chi connectivity index (χ2v) is 7.73. The number of ether oxygens (including phenoxy) is 2. The predicted octanol–water partition coefficient (Wildman–Crippen LogP) is 4.11. The third kappa shape index (κ3) is 5.22. The van der Waals surface area contributed by atoms with Gasteiger partial charge in [0.25, 0.3) is 0 Å². The summed E-state index contributed by atoms with van der Waals surface area (Å²) >= 11 is 5.92. The monoisotopic (exact) mass is 446 g/mol. The first-order chi connectivity index (χ1) is 15.0. The summed E-state index contributed by atoms with van der Waals surface area (Å²) in [5.74, 6) is 0.808. The van der Waals surface area contributed by atoms with Gasteiger partial charge in [0.2, 0.25) is 0 Å². The molecule has 2 aromatic carbocycles. The number of aromatic nitrogens is 2. The summed E-state index contributed by atoms with van der Waals surface area (Å²) in [6, 6.07) is 9.31. The zero-order valence-electron chi connectivity index (χ0n) is 17.1. The molecule has 2 heterocycles. The highest BCUT2D eigenvalue weighted by Crippen LogP contribution is 2.28. The highest BCUT2D eigenvalue weighted by atomic mass is 35.5. The lowest BCUT2D eigenvalue weighted by Crippen LogP contribution is -2.44. The zero-order valence-corrected chi connectivity index (χ0v) is 17.9. The number of morpholine rings is 1. The summed E-state index contributed by atoms with van der Waals surface area (Å²) in [6.45, 7) is 3.03. The maximum Gasteiger partial charge on any atom is 0.142 e. The lowest BCUT2D eigenvalue weighted by Gasteiger charge is -2.33. The molecule has 1 aliphatic heterocycles. The number of anilines is 2. The Labute approximate surface area is 184 Å². The second-order valence-electron chi connectivity index (χ2n) is 7.32. The Balaban J connectivity index is 1.60. The summed E-state index contributed by atoms with van der Waals surface area (Å²) in [5, 5.41) is 13.9. The van der Waals surface area contributed by atoms with E-state index in [1.165, 1.54) is 12.1 Å². The van der Waals surface area contributed by atoms with Crippen molar-refractivity contribution in [3.8, 4) is 5.75 Å². The first kappa shape index (κ1) is 21.7. The van der Waals surface area contributed by atoms with Gasteiger partial charge < -0.3 is 19.9 Å². The number of hydrogen-bond donors (Lipinski definition) is 2. The van der Waals surface area contributed by atoms with Gasteiger partial charge in [0.1, 0.15) is 29.4 Å². The average molecular weight is 447 g/mol. The van der Waals surface area contributed by atoms with Crippen LogP contribution in [0.4, 0.5) is 15.9 Å². The van der Waals surface area contributed by atoms with Crippen molar-refractivity contribution >= 4 is 34.0 Å². The van der Waals surface area contributed by atoms with Gasteiger partial charge in [0.05, 0.1) is 23.8 Å². The van der Waals surface area contributed by atoms with Gasteiger partial charge >= 0.3 is 0 Å². The summed E-state index contributed by atoms with van der Waals surface area (Å²) in [5.41, 5.74) is 1.22. The Bertz CT molecular complexity index is 1060. The molecular weight excluding hydrogens is 423 g/mol. The Kier molecular flexibility index (Phi) is 6.82. The van der Waals surface area contributed by atoms with Crippen LogP contribution in [0.25, 0.3) is 10.9 Å². The van der Waals surface area contributed by atoms with E-state index < -0.39 is 5.82 Å². The number of phenols is 1. The van der Waals surface area contributed by atoms with Crippen LogP contribution < -0.4 is 5.32 Å². The van der Waals surface area contributed by atoms with E-state index in [1.54, 1.807) is 31.4 Å². The van der Waals surface area contributed by atoms with Crippen LogP contribution in [0.5, 0.6) is 5.75 Å². The van der Waals surface area contributed by atoms with Crippen molar-refractivity contribution in [3.63, 3.8) is 0 Å². The van der Waals surface area contributed by atoms with E-state index in [0.717, 1.165) is 18.5 Å². The molecule has 1 saturated heterocycles. The Morgan fingerprint density at radius 2 is 2.03 bits per heavy atom. The van der Waals surface area contributed by atoms with Crippen LogP contribution in [0.3, 0.4) is 0 Å². The molecule has 1 atom stereocenters. The van der Waals surface area contributed by atoms with Crippen LogP contribution in [-0.2, 0) is 15.9 Å². The van der Waals surface area contributed by atoms with Crippen molar-refractivity contribution in [2.24, 2.45) is 0 Å². The fourth-order valence-electron chi connectivity index (χ4n) is 3.65. The molecule has 0 radical (unpaired) electrons. The molecule has 31 heavy (non-hydrogen) atoms. The van der Waals surface area contributed by atoms with Gasteiger partial charge in [-0.1, -0.05) is 11.6 Å². The molecule has 1 aliphatic rings. The molecule has 0 amide bonds. The number of nitrogens with zero attached hydrogens (tertiary/aromatic N) is 3. The first-order valence-electron chi connectivity index (χ1n) is 10.1. The minimum Gasteiger partial charge on any atom is -0.508 e. The Hall–Kier alpha value is -2.52. The number of hydrogen-bond acceptors (Lipinski definition) is 7. The highest BCUT2D eigenvalue weighted by molar-refractivity contribution is 6.31. The number of aromatic hydroxyl groups is 1. The SMILES string of the molecule is COC(CCc1nc(Nc2ccc(F)c(Cl)c2)c2ccc(O)cc2n1)N1CCOCC1. The van der Waals surface area contributed by atoms with Crippen LogP contribution >= 0.6 is 11.6 Å². The molecule has 164 valence electrons. The maximum absolute atomic E-state index is 13.5. The molecule has 1 aromatic heterocycles. The number of aryl methyl sites for hydroxylation is 1. The number of benzene rings is 2. The largest absolute Gasteiger partial charge is 0.508 e. The number of rotatable bonds is 7. The van der Waals surface area contributed by atoms with Crippen molar-refractivity contribution in [2.75, 3.05) is 38.7 Å². The van der Waals surface area contributed by atoms with Gasteiger partial charge in [-0.15, -0.1) is 0 Å². The van der Waals surface area contributed by atoms with Gasteiger partial charge in [-0.05, 0) is 36.8 Å². The molecule has 1 fully saturated rings. The van der Waals surface area contributed by atoms with E-state index in [0.29, 0.717) is 48.9 Å². The maximum atomic E-state index is 13.5. The van der Waals surface area contributed by atoms with Crippen LogP contribution in [0.2, 0.25) is 5.02 Å². The Morgan fingerprint density at radius 1 is 1.23 bits per heavy atom. The fourth-order valence-corrected chi connectivity index (χ4v) is 3.83. The number of halogens is 2. The molecule has 0 spiro atoms. The topological polar surface area (TPSA) is 79.7 Å². The average Bonchev–Trinajstić information content (AvgIpc) is 2.77. The molecule has 0 aliphatic carbocycles. The predicted molar refractivity (Wildman–Crippen MR) is 117 cm³/mol. The van der Waals surface area contributed by atoms with Crippen molar-refractivity contribution in [1.29, 1.82) is 0 Å². The number of fused-ring (bicyclic) bond motifs is 1. The molecule has 4 rings (SSSR count). The molecule has 0 saturated carbocycles.